The highest BCUT2D eigenvalue weighted by molar-refractivity contribution is 5.92. The summed E-state index contributed by atoms with van der Waals surface area (Å²) >= 11 is 0. The van der Waals surface area contributed by atoms with Crippen LogP contribution in [-0.4, -0.2) is 45.3 Å². The summed E-state index contributed by atoms with van der Waals surface area (Å²) in [4.78, 5) is 32.3. The zero-order chi connectivity index (χ0) is 22.8. The topological polar surface area (TPSA) is 142 Å². The number of aromatic nitrogens is 3. The van der Waals surface area contributed by atoms with Crippen molar-refractivity contribution in [3.05, 3.63) is 54.0 Å². The first kappa shape index (κ1) is 21.3. The number of fused-ring (bicyclic) bond motifs is 1. The fourth-order valence-corrected chi connectivity index (χ4v) is 3.83. The van der Waals surface area contributed by atoms with Gasteiger partial charge in [-0.1, -0.05) is 25.1 Å². The van der Waals surface area contributed by atoms with Crippen LogP contribution in [-0.2, 0) is 19.0 Å². The summed E-state index contributed by atoms with van der Waals surface area (Å²) in [5.74, 6) is -1.11. The van der Waals surface area contributed by atoms with Crippen molar-refractivity contribution < 1.29 is 23.8 Å². The van der Waals surface area contributed by atoms with Crippen molar-refractivity contribution in [3.8, 4) is 6.07 Å². The molecule has 1 saturated heterocycles. The van der Waals surface area contributed by atoms with E-state index in [0.717, 1.165) is 0 Å². The van der Waals surface area contributed by atoms with E-state index < -0.39 is 30.4 Å². The van der Waals surface area contributed by atoms with Crippen LogP contribution in [0.5, 0.6) is 0 Å². The number of carbonyl (C=O) groups excluding carboxylic acids is 2. The number of nitriles is 1. The molecule has 1 aliphatic rings. The summed E-state index contributed by atoms with van der Waals surface area (Å²) in [5.41, 5.74) is 7.03. The molecule has 4 atom stereocenters. The summed E-state index contributed by atoms with van der Waals surface area (Å²) in [7, 11) is 0. The van der Waals surface area contributed by atoms with Crippen LogP contribution in [0.4, 0.5) is 5.82 Å². The summed E-state index contributed by atoms with van der Waals surface area (Å²) in [6, 6.07) is 10.7. The SMILES string of the molecule is CC(=O)O[C@@H]1[C@H](C)[C@@H](COC(=O)c2ccccc2)O[C@H]1n1cc(C#N)c2c(N)ncnc21. The number of hydrogen-bond acceptors (Lipinski definition) is 9. The van der Waals surface area contributed by atoms with Gasteiger partial charge in [0.05, 0.1) is 16.5 Å². The van der Waals surface area contributed by atoms with Crippen molar-refractivity contribution in [1.29, 1.82) is 5.26 Å². The molecule has 10 nitrogen and oxygen atoms in total. The first-order valence-electron chi connectivity index (χ1n) is 9.96. The standard InChI is InChI=1S/C22H21N5O5/c1-12-16(10-30-22(29)14-6-4-3-5-7-14)32-21(18(12)31-13(2)28)27-9-15(8-23)17-19(24)25-11-26-20(17)27/h3-7,9,11-12,16,18,21H,10H2,1-2H3,(H2,24,25,26)/t12-,16-,18-,21-/m1/s1. The van der Waals surface area contributed by atoms with Gasteiger partial charge in [-0.25, -0.2) is 14.8 Å². The van der Waals surface area contributed by atoms with E-state index >= 15 is 0 Å². The second-order valence-corrected chi connectivity index (χ2v) is 7.48. The molecule has 10 heteroatoms. The summed E-state index contributed by atoms with van der Waals surface area (Å²) < 4.78 is 18.8. The Morgan fingerprint density at radius 3 is 2.72 bits per heavy atom. The van der Waals surface area contributed by atoms with Gasteiger partial charge in [-0.15, -0.1) is 0 Å². The Morgan fingerprint density at radius 1 is 1.28 bits per heavy atom. The normalized spacial score (nSPS) is 22.4. The van der Waals surface area contributed by atoms with Gasteiger partial charge in [-0.3, -0.25) is 4.79 Å². The van der Waals surface area contributed by atoms with E-state index in [0.29, 0.717) is 16.6 Å². The van der Waals surface area contributed by atoms with Gasteiger partial charge >= 0.3 is 11.9 Å². The quantitative estimate of drug-likeness (QED) is 0.597. The van der Waals surface area contributed by atoms with E-state index in [9.17, 15) is 14.9 Å². The molecule has 2 N–H and O–H groups in total. The number of ether oxygens (including phenoxy) is 3. The van der Waals surface area contributed by atoms with E-state index in [1.165, 1.54) is 13.3 Å². The van der Waals surface area contributed by atoms with Crippen molar-refractivity contribution in [2.24, 2.45) is 5.92 Å². The van der Waals surface area contributed by atoms with Crippen molar-refractivity contribution >= 4 is 28.8 Å². The molecular formula is C22H21N5O5. The molecule has 1 fully saturated rings. The minimum Gasteiger partial charge on any atom is -0.459 e. The van der Waals surface area contributed by atoms with Crippen LogP contribution in [0.2, 0.25) is 0 Å². The number of hydrogen-bond donors (Lipinski definition) is 1. The monoisotopic (exact) mass is 435 g/mol. The molecule has 0 spiro atoms. The highest BCUT2D eigenvalue weighted by Gasteiger charge is 2.46. The largest absolute Gasteiger partial charge is 0.459 e. The number of nitrogens with two attached hydrogens (primary N) is 1. The van der Waals surface area contributed by atoms with Crippen LogP contribution in [0.3, 0.4) is 0 Å². The zero-order valence-electron chi connectivity index (χ0n) is 17.5. The number of esters is 2. The number of benzene rings is 1. The lowest BCUT2D eigenvalue weighted by atomic mass is 10.0. The Morgan fingerprint density at radius 2 is 2.03 bits per heavy atom. The van der Waals surface area contributed by atoms with E-state index in [4.69, 9.17) is 19.9 Å². The predicted octanol–water partition coefficient (Wildman–Crippen LogP) is 2.21. The van der Waals surface area contributed by atoms with Gasteiger partial charge in [0.2, 0.25) is 0 Å². The van der Waals surface area contributed by atoms with E-state index in [2.05, 4.69) is 16.0 Å². The summed E-state index contributed by atoms with van der Waals surface area (Å²) in [5, 5.41) is 9.92. The van der Waals surface area contributed by atoms with Gasteiger partial charge in [0.15, 0.2) is 12.3 Å². The number of carbonyl (C=O) groups is 2. The van der Waals surface area contributed by atoms with Crippen molar-refractivity contribution in [3.63, 3.8) is 0 Å². The average Bonchev–Trinajstić information content (AvgIpc) is 3.31. The smallest absolute Gasteiger partial charge is 0.338 e. The van der Waals surface area contributed by atoms with Crippen LogP contribution >= 0.6 is 0 Å². The maximum Gasteiger partial charge on any atom is 0.338 e. The minimum absolute atomic E-state index is 0.0371. The highest BCUT2D eigenvalue weighted by Crippen LogP contribution is 2.39. The molecule has 0 radical (unpaired) electrons. The number of anilines is 1. The molecule has 32 heavy (non-hydrogen) atoms. The molecule has 164 valence electrons. The number of nitrogen functional groups attached to an aromatic ring is 1. The van der Waals surface area contributed by atoms with Gasteiger partial charge in [0.25, 0.3) is 0 Å². The van der Waals surface area contributed by atoms with Crippen molar-refractivity contribution in [2.45, 2.75) is 32.3 Å². The minimum atomic E-state index is -0.798. The fourth-order valence-electron chi connectivity index (χ4n) is 3.83. The van der Waals surface area contributed by atoms with Crippen LogP contribution in [0.25, 0.3) is 11.0 Å². The van der Waals surface area contributed by atoms with Crippen LogP contribution in [0, 0.1) is 17.2 Å². The third-order valence-corrected chi connectivity index (χ3v) is 5.42. The Balaban J connectivity index is 1.63. The highest BCUT2D eigenvalue weighted by atomic mass is 16.6. The average molecular weight is 435 g/mol. The van der Waals surface area contributed by atoms with E-state index in [1.54, 1.807) is 41.1 Å². The Kier molecular flexibility index (Phi) is 5.75. The second kappa shape index (κ2) is 8.64. The lowest BCUT2D eigenvalue weighted by Gasteiger charge is -2.22. The molecule has 1 aliphatic heterocycles. The van der Waals surface area contributed by atoms with Gasteiger partial charge in [0, 0.05) is 19.0 Å². The molecule has 0 amide bonds. The number of nitrogens with zero attached hydrogens (tertiary/aromatic N) is 4. The summed E-state index contributed by atoms with van der Waals surface area (Å²) in [6.45, 7) is 3.11. The number of rotatable bonds is 5. The predicted molar refractivity (Wildman–Crippen MR) is 112 cm³/mol. The van der Waals surface area contributed by atoms with Gasteiger partial charge < -0.3 is 24.5 Å². The van der Waals surface area contributed by atoms with Gasteiger partial charge in [-0.2, -0.15) is 5.26 Å². The molecule has 0 unspecified atom stereocenters. The Bertz CT molecular complexity index is 1200. The molecular weight excluding hydrogens is 414 g/mol. The molecule has 0 bridgehead atoms. The van der Waals surface area contributed by atoms with Crippen LogP contribution in [0.15, 0.2) is 42.9 Å². The zero-order valence-corrected chi connectivity index (χ0v) is 17.5. The van der Waals surface area contributed by atoms with Crippen molar-refractivity contribution in [1.82, 2.24) is 14.5 Å². The third kappa shape index (κ3) is 3.86. The first-order valence-corrected chi connectivity index (χ1v) is 9.96. The molecule has 0 saturated carbocycles. The molecule has 3 aromatic rings. The van der Waals surface area contributed by atoms with Crippen LogP contribution < -0.4 is 5.73 Å². The Labute approximate surface area is 183 Å². The van der Waals surface area contributed by atoms with Crippen LogP contribution in [0.1, 0.15) is 36.0 Å². The summed E-state index contributed by atoms with van der Waals surface area (Å²) in [6.07, 6.45) is 0.772. The van der Waals surface area contributed by atoms with E-state index in [1.807, 2.05) is 6.92 Å². The fraction of sp³-hybridized carbons (Fsp3) is 0.318. The lowest BCUT2D eigenvalue weighted by Crippen LogP contribution is -2.31. The molecule has 3 heterocycles. The van der Waals surface area contributed by atoms with E-state index in [-0.39, 0.29) is 23.9 Å². The van der Waals surface area contributed by atoms with Crippen molar-refractivity contribution in [2.75, 3.05) is 12.3 Å². The Hall–Kier alpha value is -3.97. The molecule has 2 aromatic heterocycles. The first-order chi connectivity index (χ1) is 15.4. The lowest BCUT2D eigenvalue weighted by molar-refractivity contribution is -0.153. The molecule has 4 rings (SSSR count). The second-order valence-electron chi connectivity index (χ2n) is 7.48. The maximum atomic E-state index is 12.3. The maximum absolute atomic E-state index is 12.3. The van der Waals surface area contributed by atoms with Gasteiger partial charge in [0.1, 0.15) is 36.6 Å². The molecule has 1 aromatic carbocycles. The molecule has 0 aliphatic carbocycles. The third-order valence-electron chi connectivity index (χ3n) is 5.42. The van der Waals surface area contributed by atoms with Gasteiger partial charge in [-0.05, 0) is 12.1 Å².